The molecule has 0 aliphatic heterocycles. The van der Waals surface area contributed by atoms with Gasteiger partial charge in [-0.1, -0.05) is 13.8 Å². The van der Waals surface area contributed by atoms with Gasteiger partial charge in [-0.2, -0.15) is 10.3 Å². The zero-order valence-electron chi connectivity index (χ0n) is 7.83. The standard InChI is InChI=1S/C9H12N4/c1-3-6-5-8-9(12-13-11-8)10-7(6)4-2/h5H,3-4H2,1-2H3,(H,10,11,12,13). The number of aryl methyl sites for hydroxylation is 2. The van der Waals surface area contributed by atoms with Gasteiger partial charge in [0.15, 0.2) is 0 Å². The normalized spacial score (nSPS) is 10.9. The minimum absolute atomic E-state index is 0.717. The lowest BCUT2D eigenvalue weighted by molar-refractivity contribution is 0.946. The van der Waals surface area contributed by atoms with Gasteiger partial charge in [0, 0.05) is 5.69 Å². The van der Waals surface area contributed by atoms with E-state index >= 15 is 0 Å². The second-order valence-corrected chi connectivity index (χ2v) is 2.97. The molecular weight excluding hydrogens is 164 g/mol. The zero-order valence-corrected chi connectivity index (χ0v) is 7.83. The van der Waals surface area contributed by atoms with Gasteiger partial charge in [0.05, 0.1) is 0 Å². The number of aromatic amines is 1. The fraction of sp³-hybridized carbons (Fsp3) is 0.444. The van der Waals surface area contributed by atoms with Crippen LogP contribution in [0, 0.1) is 0 Å². The highest BCUT2D eigenvalue weighted by atomic mass is 15.3. The third-order valence-corrected chi connectivity index (χ3v) is 2.19. The summed E-state index contributed by atoms with van der Waals surface area (Å²) in [6.07, 6.45) is 1.95. The molecule has 0 radical (unpaired) electrons. The third-order valence-electron chi connectivity index (χ3n) is 2.19. The van der Waals surface area contributed by atoms with Crippen molar-refractivity contribution in [2.45, 2.75) is 26.7 Å². The van der Waals surface area contributed by atoms with Crippen molar-refractivity contribution in [1.82, 2.24) is 20.4 Å². The van der Waals surface area contributed by atoms with E-state index in [2.05, 4.69) is 40.3 Å². The average molecular weight is 176 g/mol. The lowest BCUT2D eigenvalue weighted by Gasteiger charge is -2.02. The van der Waals surface area contributed by atoms with E-state index in [0.29, 0.717) is 5.65 Å². The van der Waals surface area contributed by atoms with Gasteiger partial charge in [0.1, 0.15) is 5.52 Å². The molecular formula is C9H12N4. The van der Waals surface area contributed by atoms with Crippen LogP contribution in [-0.2, 0) is 12.8 Å². The van der Waals surface area contributed by atoms with Crippen molar-refractivity contribution in [2.24, 2.45) is 0 Å². The summed E-state index contributed by atoms with van der Waals surface area (Å²) in [5.74, 6) is 0. The first-order chi connectivity index (χ1) is 6.35. The number of hydrogen-bond acceptors (Lipinski definition) is 3. The molecule has 0 saturated heterocycles. The summed E-state index contributed by atoms with van der Waals surface area (Å²) < 4.78 is 0. The Labute approximate surface area is 76.4 Å². The van der Waals surface area contributed by atoms with Crippen LogP contribution in [0.1, 0.15) is 25.1 Å². The second-order valence-electron chi connectivity index (χ2n) is 2.97. The number of hydrogen-bond donors (Lipinski definition) is 1. The molecule has 0 amide bonds. The third kappa shape index (κ3) is 1.28. The highest BCUT2D eigenvalue weighted by Crippen LogP contribution is 2.13. The van der Waals surface area contributed by atoms with E-state index in [1.165, 1.54) is 5.56 Å². The highest BCUT2D eigenvalue weighted by Gasteiger charge is 2.05. The Morgan fingerprint density at radius 2 is 2.08 bits per heavy atom. The number of H-pyrrole nitrogens is 1. The molecule has 13 heavy (non-hydrogen) atoms. The van der Waals surface area contributed by atoms with Crippen LogP contribution in [0.5, 0.6) is 0 Å². The molecule has 0 spiro atoms. The summed E-state index contributed by atoms with van der Waals surface area (Å²) in [6, 6.07) is 2.06. The van der Waals surface area contributed by atoms with Crippen molar-refractivity contribution in [3.63, 3.8) is 0 Å². The molecule has 0 fully saturated rings. The van der Waals surface area contributed by atoms with Crippen molar-refractivity contribution < 1.29 is 0 Å². The van der Waals surface area contributed by atoms with Crippen molar-refractivity contribution in [3.05, 3.63) is 17.3 Å². The molecule has 2 rings (SSSR count). The summed E-state index contributed by atoms with van der Waals surface area (Å²) >= 11 is 0. The van der Waals surface area contributed by atoms with Gasteiger partial charge in [-0.15, -0.1) is 5.10 Å². The Hall–Kier alpha value is -1.45. The van der Waals surface area contributed by atoms with Gasteiger partial charge < -0.3 is 0 Å². The Balaban J connectivity index is 2.67. The van der Waals surface area contributed by atoms with Crippen LogP contribution in [0.2, 0.25) is 0 Å². The van der Waals surface area contributed by atoms with E-state index in [1.54, 1.807) is 0 Å². The van der Waals surface area contributed by atoms with E-state index in [0.717, 1.165) is 24.1 Å². The van der Waals surface area contributed by atoms with E-state index in [4.69, 9.17) is 0 Å². The second kappa shape index (κ2) is 3.12. The molecule has 0 atom stereocenters. The Kier molecular flexibility index (Phi) is 1.96. The minimum atomic E-state index is 0.717. The van der Waals surface area contributed by atoms with E-state index < -0.39 is 0 Å². The Bertz CT molecular complexity index is 380. The molecule has 0 aliphatic rings. The molecule has 1 N–H and O–H groups in total. The summed E-state index contributed by atoms with van der Waals surface area (Å²) in [5.41, 5.74) is 3.97. The van der Waals surface area contributed by atoms with E-state index in [9.17, 15) is 0 Å². The smallest absolute Gasteiger partial charge is 0.201 e. The number of nitrogens with one attached hydrogen (secondary N) is 1. The average Bonchev–Trinajstić information content (AvgIpc) is 2.62. The summed E-state index contributed by atoms with van der Waals surface area (Å²) in [6.45, 7) is 4.23. The quantitative estimate of drug-likeness (QED) is 0.754. The molecule has 2 heterocycles. The number of fused-ring (bicyclic) bond motifs is 1. The van der Waals surface area contributed by atoms with Crippen molar-refractivity contribution in [3.8, 4) is 0 Å². The minimum Gasteiger partial charge on any atom is -0.230 e. The van der Waals surface area contributed by atoms with Crippen LogP contribution < -0.4 is 0 Å². The molecule has 4 heteroatoms. The topological polar surface area (TPSA) is 54.5 Å². The fourth-order valence-electron chi connectivity index (χ4n) is 1.47. The summed E-state index contributed by atoms with van der Waals surface area (Å²) in [4.78, 5) is 4.42. The summed E-state index contributed by atoms with van der Waals surface area (Å²) in [7, 11) is 0. The summed E-state index contributed by atoms with van der Waals surface area (Å²) in [5, 5.41) is 10.5. The van der Waals surface area contributed by atoms with Gasteiger partial charge in [-0.05, 0) is 24.5 Å². The maximum atomic E-state index is 4.42. The first-order valence-corrected chi connectivity index (χ1v) is 4.54. The van der Waals surface area contributed by atoms with Gasteiger partial charge in [0.2, 0.25) is 5.65 Å². The number of nitrogens with zero attached hydrogens (tertiary/aromatic N) is 3. The molecule has 0 unspecified atom stereocenters. The fourth-order valence-corrected chi connectivity index (χ4v) is 1.47. The van der Waals surface area contributed by atoms with E-state index in [1.807, 2.05) is 0 Å². The monoisotopic (exact) mass is 176 g/mol. The maximum Gasteiger partial charge on any atom is 0.201 e. The van der Waals surface area contributed by atoms with Crippen LogP contribution >= 0.6 is 0 Å². The molecule has 0 aromatic carbocycles. The predicted molar refractivity (Wildman–Crippen MR) is 50.4 cm³/mol. The van der Waals surface area contributed by atoms with Crippen LogP contribution in [0.15, 0.2) is 6.07 Å². The zero-order chi connectivity index (χ0) is 9.26. The predicted octanol–water partition coefficient (Wildman–Crippen LogP) is 1.48. The number of rotatable bonds is 2. The van der Waals surface area contributed by atoms with Crippen LogP contribution in [0.25, 0.3) is 11.2 Å². The first-order valence-electron chi connectivity index (χ1n) is 4.54. The molecule has 0 aliphatic carbocycles. The lowest BCUT2D eigenvalue weighted by Crippen LogP contribution is -1.95. The largest absolute Gasteiger partial charge is 0.230 e. The van der Waals surface area contributed by atoms with Crippen molar-refractivity contribution in [1.29, 1.82) is 0 Å². The SMILES string of the molecule is CCc1cc2n[nH]nc2nc1CC. The first kappa shape index (κ1) is 8.16. The van der Waals surface area contributed by atoms with Gasteiger partial charge in [-0.3, -0.25) is 0 Å². The molecule has 0 bridgehead atoms. The lowest BCUT2D eigenvalue weighted by atomic mass is 10.1. The highest BCUT2D eigenvalue weighted by molar-refractivity contribution is 5.70. The maximum absolute atomic E-state index is 4.42. The molecule has 68 valence electrons. The number of aromatic nitrogens is 4. The molecule has 2 aromatic heterocycles. The number of pyridine rings is 1. The van der Waals surface area contributed by atoms with E-state index in [-0.39, 0.29) is 0 Å². The van der Waals surface area contributed by atoms with Gasteiger partial charge in [-0.25, -0.2) is 4.98 Å². The van der Waals surface area contributed by atoms with Gasteiger partial charge in [0.25, 0.3) is 0 Å². The van der Waals surface area contributed by atoms with Crippen molar-refractivity contribution in [2.75, 3.05) is 0 Å². The molecule has 4 nitrogen and oxygen atoms in total. The van der Waals surface area contributed by atoms with Crippen LogP contribution in [0.4, 0.5) is 0 Å². The van der Waals surface area contributed by atoms with Crippen LogP contribution in [-0.4, -0.2) is 20.4 Å². The van der Waals surface area contributed by atoms with Crippen LogP contribution in [0.3, 0.4) is 0 Å². The van der Waals surface area contributed by atoms with Gasteiger partial charge >= 0.3 is 0 Å². The molecule has 2 aromatic rings. The molecule has 0 saturated carbocycles. The Morgan fingerprint density at radius 1 is 1.23 bits per heavy atom. The van der Waals surface area contributed by atoms with Crippen molar-refractivity contribution >= 4 is 11.2 Å². The Morgan fingerprint density at radius 3 is 2.77 bits per heavy atom.